The van der Waals surface area contributed by atoms with Crippen molar-refractivity contribution in [3.8, 4) is 6.07 Å². The van der Waals surface area contributed by atoms with Gasteiger partial charge in [0, 0.05) is 12.3 Å². The molecular weight excluding hydrogens is 382 g/mol. The fourth-order valence-electron chi connectivity index (χ4n) is 2.17. The number of rotatable bonds is 5. The number of nitrogens with zero attached hydrogens (tertiary/aromatic N) is 1. The fourth-order valence-corrected chi connectivity index (χ4v) is 2.17. The lowest BCUT2D eigenvalue weighted by Crippen LogP contribution is -2.29. The number of hydrogen-bond acceptors (Lipinski definition) is 9. The van der Waals surface area contributed by atoms with Gasteiger partial charge in [0.05, 0.1) is 78.7 Å². The van der Waals surface area contributed by atoms with E-state index in [1.54, 1.807) is 6.92 Å². The molecule has 0 aromatic rings. The summed E-state index contributed by atoms with van der Waals surface area (Å²) in [6.45, 7) is 6.78. The molecule has 2 unspecified atom stereocenters. The van der Waals surface area contributed by atoms with Crippen molar-refractivity contribution in [2.45, 2.75) is 33.3 Å². The Hall–Kier alpha value is -1.28. The Morgan fingerprint density at radius 1 is 0.931 bits per heavy atom. The molecule has 1 fully saturated rings. The highest BCUT2D eigenvalue weighted by Gasteiger charge is 2.14. The maximum Gasteiger partial charge on any atom is 0.305 e. The summed E-state index contributed by atoms with van der Waals surface area (Å²) < 4.78 is 38.1. The molecule has 170 valence electrons. The van der Waals surface area contributed by atoms with Gasteiger partial charge in [0.15, 0.2) is 0 Å². The smallest absolute Gasteiger partial charge is 0.305 e. The van der Waals surface area contributed by atoms with Gasteiger partial charge in [0.1, 0.15) is 12.7 Å². The summed E-state index contributed by atoms with van der Waals surface area (Å²) in [5, 5.41) is 8.76. The van der Waals surface area contributed by atoms with Crippen molar-refractivity contribution in [1.29, 1.82) is 5.26 Å². The van der Waals surface area contributed by atoms with Crippen LogP contribution in [0.5, 0.6) is 0 Å². The van der Waals surface area contributed by atoms with Crippen molar-refractivity contribution in [1.82, 2.24) is 0 Å². The number of carbonyl (C=O) groups excluding carboxylic acids is 1. The summed E-state index contributed by atoms with van der Waals surface area (Å²) in [4.78, 5) is 11.8. The lowest BCUT2D eigenvalue weighted by molar-refractivity contribution is -0.151. The molecule has 0 aromatic heterocycles. The van der Waals surface area contributed by atoms with E-state index in [2.05, 4.69) is 6.07 Å². The average molecular weight is 420 g/mol. The summed E-state index contributed by atoms with van der Waals surface area (Å²) in [5.41, 5.74) is 0. The molecule has 0 radical (unpaired) electrons. The normalized spacial score (nSPS) is 22.1. The number of ether oxygens (including phenoxy) is 7. The zero-order chi connectivity index (χ0) is 20.3. The quantitative estimate of drug-likeness (QED) is 0.614. The van der Waals surface area contributed by atoms with E-state index in [9.17, 15) is 4.79 Å². The summed E-state index contributed by atoms with van der Waals surface area (Å²) in [6, 6.07) is 2.10. The first-order valence-corrected chi connectivity index (χ1v) is 9.78. The first-order valence-electron chi connectivity index (χ1n) is 9.78. The Morgan fingerprint density at radius 3 is 1.93 bits per heavy atom. The number of nitriles is 1. The van der Waals surface area contributed by atoms with E-state index in [1.165, 1.54) is 0 Å². The van der Waals surface area contributed by atoms with Crippen LogP contribution in [0.3, 0.4) is 0 Å². The molecule has 1 rings (SSSR count). The van der Waals surface area contributed by atoms with E-state index in [0.717, 1.165) is 0 Å². The second kappa shape index (κ2) is 20.0. The van der Waals surface area contributed by atoms with Crippen LogP contribution < -0.4 is 0 Å². The highest BCUT2D eigenvalue weighted by Crippen LogP contribution is 2.05. The average Bonchev–Trinajstić information content (AvgIpc) is 2.70. The zero-order valence-electron chi connectivity index (χ0n) is 16.8. The molecular formula is C20H37NO8. The summed E-state index contributed by atoms with van der Waals surface area (Å²) >= 11 is 0. The third-order valence-electron chi connectivity index (χ3n) is 3.81. The summed E-state index contributed by atoms with van der Waals surface area (Å²) in [7, 11) is 0. The van der Waals surface area contributed by atoms with E-state index in [-0.39, 0.29) is 45.1 Å². The molecule has 9 nitrogen and oxygen atoms in total. The first kappa shape index (κ1) is 27.7. The van der Waals surface area contributed by atoms with Crippen LogP contribution in [-0.2, 0) is 38.0 Å². The summed E-state index contributed by atoms with van der Waals surface area (Å²) in [5.74, 6) is -0.517. The molecule has 0 N–H and O–H groups in total. The molecule has 1 heterocycles. The number of carbonyl (C=O) groups is 1. The molecule has 1 aliphatic rings. The minimum atomic E-state index is -0.389. The molecule has 29 heavy (non-hydrogen) atoms. The van der Waals surface area contributed by atoms with Gasteiger partial charge < -0.3 is 33.2 Å². The molecule has 0 amide bonds. The molecule has 0 aliphatic carbocycles. The molecule has 0 saturated carbocycles. The van der Waals surface area contributed by atoms with E-state index in [1.807, 2.05) is 0 Å². The van der Waals surface area contributed by atoms with Crippen LogP contribution in [-0.4, -0.2) is 91.4 Å². The van der Waals surface area contributed by atoms with Gasteiger partial charge in [-0.05, 0) is 13.3 Å². The maximum atomic E-state index is 11.8. The van der Waals surface area contributed by atoms with Gasteiger partial charge in [0.2, 0.25) is 0 Å². The highest BCUT2D eigenvalue weighted by atomic mass is 16.6. The molecule has 2 atom stereocenters. The van der Waals surface area contributed by atoms with Crippen LogP contribution >= 0.6 is 0 Å². The second-order valence-corrected chi connectivity index (χ2v) is 6.27. The minimum absolute atomic E-state index is 0. The summed E-state index contributed by atoms with van der Waals surface area (Å²) in [6.07, 6.45) is 0.301. The Labute approximate surface area is 174 Å². The standard InChI is InChI=1S/C19H33NO8.CH4/c1-17(14-20)2-3-19(21)28-16-18-15-26-11-10-24-7-6-22-4-5-23-8-9-25-12-13-27-18;/h17-18H,2-13,15-16H2,1H3;1H4. The fraction of sp³-hybridized carbons (Fsp3) is 0.900. The molecule has 0 spiro atoms. The number of hydrogen-bond donors (Lipinski definition) is 0. The van der Waals surface area contributed by atoms with Gasteiger partial charge >= 0.3 is 5.97 Å². The molecule has 1 saturated heterocycles. The van der Waals surface area contributed by atoms with Crippen molar-refractivity contribution < 1.29 is 38.0 Å². The molecule has 1 aliphatic heterocycles. The zero-order valence-corrected chi connectivity index (χ0v) is 16.8. The molecule has 9 heteroatoms. The largest absolute Gasteiger partial charge is 0.463 e. The van der Waals surface area contributed by atoms with Crippen molar-refractivity contribution in [2.24, 2.45) is 5.92 Å². The van der Waals surface area contributed by atoms with Crippen LogP contribution in [0.4, 0.5) is 0 Å². The Morgan fingerprint density at radius 2 is 1.41 bits per heavy atom. The van der Waals surface area contributed by atoms with Gasteiger partial charge in [-0.15, -0.1) is 0 Å². The van der Waals surface area contributed by atoms with Gasteiger partial charge in [-0.3, -0.25) is 4.79 Å². The topological polar surface area (TPSA) is 105 Å². The predicted molar refractivity (Wildman–Crippen MR) is 106 cm³/mol. The van der Waals surface area contributed by atoms with Crippen LogP contribution in [0.15, 0.2) is 0 Å². The van der Waals surface area contributed by atoms with E-state index < -0.39 is 0 Å². The van der Waals surface area contributed by atoms with Crippen molar-refractivity contribution in [3.63, 3.8) is 0 Å². The third kappa shape index (κ3) is 17.3. The van der Waals surface area contributed by atoms with Gasteiger partial charge in [0.25, 0.3) is 0 Å². The van der Waals surface area contributed by atoms with Crippen molar-refractivity contribution >= 4 is 5.97 Å². The van der Waals surface area contributed by atoms with E-state index in [0.29, 0.717) is 72.5 Å². The van der Waals surface area contributed by atoms with E-state index >= 15 is 0 Å². The Balaban J connectivity index is 0.00000784. The monoisotopic (exact) mass is 419 g/mol. The lowest BCUT2D eigenvalue weighted by Gasteiger charge is -2.18. The van der Waals surface area contributed by atoms with Gasteiger partial charge in [-0.1, -0.05) is 7.43 Å². The Kier molecular flexibility index (Phi) is 19.1. The maximum absolute atomic E-state index is 11.8. The number of esters is 1. The third-order valence-corrected chi connectivity index (χ3v) is 3.81. The molecule has 0 bridgehead atoms. The van der Waals surface area contributed by atoms with Crippen LogP contribution in [0.1, 0.15) is 27.2 Å². The van der Waals surface area contributed by atoms with Gasteiger partial charge in [-0.2, -0.15) is 5.26 Å². The predicted octanol–water partition coefficient (Wildman–Crippen LogP) is 1.59. The van der Waals surface area contributed by atoms with Crippen LogP contribution in [0.25, 0.3) is 0 Å². The van der Waals surface area contributed by atoms with Crippen LogP contribution in [0, 0.1) is 17.2 Å². The SMILES string of the molecule is C.CC(C#N)CCC(=O)OCC1COCCOCCOCCOCCOCCO1. The second-order valence-electron chi connectivity index (χ2n) is 6.27. The highest BCUT2D eigenvalue weighted by molar-refractivity contribution is 5.69. The molecule has 0 aromatic carbocycles. The first-order chi connectivity index (χ1) is 13.7. The van der Waals surface area contributed by atoms with Gasteiger partial charge in [-0.25, -0.2) is 0 Å². The minimum Gasteiger partial charge on any atom is -0.463 e. The van der Waals surface area contributed by atoms with Crippen molar-refractivity contribution in [3.05, 3.63) is 0 Å². The van der Waals surface area contributed by atoms with E-state index in [4.69, 9.17) is 38.4 Å². The Bertz CT molecular complexity index is 411. The van der Waals surface area contributed by atoms with Crippen LogP contribution in [0.2, 0.25) is 0 Å². The van der Waals surface area contributed by atoms with Crippen molar-refractivity contribution in [2.75, 3.05) is 79.3 Å². The lowest BCUT2D eigenvalue weighted by atomic mass is 10.1.